The zero-order valence-electron chi connectivity index (χ0n) is 18.9. The molecule has 0 aromatic heterocycles. The fourth-order valence-corrected chi connectivity index (χ4v) is 2.59. The van der Waals surface area contributed by atoms with E-state index in [2.05, 4.69) is 16.0 Å². The zero-order chi connectivity index (χ0) is 23.7. The maximum absolute atomic E-state index is 12.5. The van der Waals surface area contributed by atoms with Gasteiger partial charge in [0.05, 0.1) is 14.2 Å². The molecule has 0 bridgehead atoms. The average Bonchev–Trinajstić information content (AvgIpc) is 2.73. The van der Waals surface area contributed by atoms with Crippen LogP contribution in [-0.2, 0) is 9.53 Å². The van der Waals surface area contributed by atoms with Crippen LogP contribution >= 0.6 is 0 Å². The molecule has 2 aromatic rings. The van der Waals surface area contributed by atoms with Crippen molar-refractivity contribution in [2.75, 3.05) is 31.4 Å². The first-order valence-electron chi connectivity index (χ1n) is 10.0. The molecule has 0 spiro atoms. The van der Waals surface area contributed by atoms with Gasteiger partial charge in [-0.15, -0.1) is 0 Å². The smallest absolute Gasteiger partial charge is 0.407 e. The number of alkyl carbamates (subject to hydrolysis) is 1. The minimum absolute atomic E-state index is 0.0927. The van der Waals surface area contributed by atoms with Crippen molar-refractivity contribution >= 4 is 29.3 Å². The summed E-state index contributed by atoms with van der Waals surface area (Å²) in [5.41, 5.74) is 0.910. The Morgan fingerprint density at radius 2 is 1.38 bits per heavy atom. The molecule has 2 aromatic carbocycles. The Bertz CT molecular complexity index is 929. The third kappa shape index (κ3) is 8.17. The predicted molar refractivity (Wildman–Crippen MR) is 121 cm³/mol. The van der Waals surface area contributed by atoms with Crippen LogP contribution in [0.25, 0.3) is 0 Å². The topological polar surface area (TPSA) is 115 Å². The number of anilines is 2. The van der Waals surface area contributed by atoms with Crippen molar-refractivity contribution in [3.05, 3.63) is 48.0 Å². The zero-order valence-corrected chi connectivity index (χ0v) is 18.9. The summed E-state index contributed by atoms with van der Waals surface area (Å²) in [4.78, 5) is 36.2. The molecule has 0 aliphatic rings. The van der Waals surface area contributed by atoms with E-state index >= 15 is 0 Å². The third-order valence-electron chi connectivity index (χ3n) is 4.06. The molecule has 2 rings (SSSR count). The van der Waals surface area contributed by atoms with Gasteiger partial charge < -0.3 is 30.2 Å². The maximum atomic E-state index is 12.5. The molecule has 3 N–H and O–H groups in total. The summed E-state index contributed by atoms with van der Waals surface area (Å²) >= 11 is 0. The molecule has 0 saturated heterocycles. The molecule has 32 heavy (non-hydrogen) atoms. The van der Waals surface area contributed by atoms with Crippen molar-refractivity contribution in [3.63, 3.8) is 0 Å². The average molecular weight is 444 g/mol. The second-order valence-corrected chi connectivity index (χ2v) is 7.86. The number of benzene rings is 2. The van der Waals surface area contributed by atoms with Crippen molar-refractivity contribution in [1.82, 2.24) is 5.32 Å². The molecule has 0 aliphatic carbocycles. The fourth-order valence-electron chi connectivity index (χ4n) is 2.59. The van der Waals surface area contributed by atoms with Crippen molar-refractivity contribution < 1.29 is 28.6 Å². The first kappa shape index (κ1) is 24.5. The van der Waals surface area contributed by atoms with E-state index in [-0.39, 0.29) is 24.8 Å². The number of hydrogen-bond acceptors (Lipinski definition) is 6. The number of carbonyl (C=O) groups is 3. The van der Waals surface area contributed by atoms with Crippen LogP contribution in [0.15, 0.2) is 42.5 Å². The molecular weight excluding hydrogens is 414 g/mol. The van der Waals surface area contributed by atoms with Crippen LogP contribution < -0.4 is 25.4 Å². The monoisotopic (exact) mass is 443 g/mol. The largest absolute Gasteiger partial charge is 0.497 e. The molecule has 3 amide bonds. The maximum Gasteiger partial charge on any atom is 0.407 e. The number of ether oxygens (including phenoxy) is 3. The van der Waals surface area contributed by atoms with E-state index in [1.54, 1.807) is 63.2 Å². The second kappa shape index (κ2) is 11.0. The van der Waals surface area contributed by atoms with Gasteiger partial charge in [0, 0.05) is 36.0 Å². The summed E-state index contributed by atoms with van der Waals surface area (Å²) in [5.74, 6) is 0.427. The van der Waals surface area contributed by atoms with Gasteiger partial charge in [0.25, 0.3) is 5.91 Å². The van der Waals surface area contributed by atoms with Crippen LogP contribution in [0.4, 0.5) is 16.2 Å². The van der Waals surface area contributed by atoms with E-state index in [1.807, 2.05) is 0 Å². The summed E-state index contributed by atoms with van der Waals surface area (Å²) in [6.07, 6.45) is -0.478. The number of methoxy groups -OCH3 is 2. The number of nitrogens with one attached hydrogen (secondary N) is 3. The second-order valence-electron chi connectivity index (χ2n) is 7.86. The number of amides is 3. The normalized spacial score (nSPS) is 10.7. The van der Waals surface area contributed by atoms with Gasteiger partial charge >= 0.3 is 6.09 Å². The first-order valence-corrected chi connectivity index (χ1v) is 10.0. The van der Waals surface area contributed by atoms with Gasteiger partial charge in [-0.05, 0) is 57.2 Å². The molecule has 172 valence electrons. The molecule has 0 unspecified atom stereocenters. The number of rotatable bonds is 8. The quantitative estimate of drug-likeness (QED) is 0.572. The molecular formula is C23H29N3O6. The molecule has 0 radical (unpaired) electrons. The third-order valence-corrected chi connectivity index (χ3v) is 4.06. The minimum atomic E-state index is -0.595. The minimum Gasteiger partial charge on any atom is -0.497 e. The molecule has 9 heteroatoms. The van der Waals surface area contributed by atoms with E-state index in [0.717, 1.165) is 0 Å². The first-order chi connectivity index (χ1) is 15.1. The highest BCUT2D eigenvalue weighted by molar-refractivity contribution is 6.05. The van der Waals surface area contributed by atoms with Crippen LogP contribution in [-0.4, -0.2) is 44.3 Å². The summed E-state index contributed by atoms with van der Waals surface area (Å²) in [5, 5.41) is 8.04. The fraction of sp³-hybridized carbons (Fsp3) is 0.348. The van der Waals surface area contributed by atoms with Gasteiger partial charge in [-0.2, -0.15) is 0 Å². The Balaban J connectivity index is 1.86. The Hall–Kier alpha value is -3.75. The van der Waals surface area contributed by atoms with E-state index in [1.165, 1.54) is 14.2 Å². The van der Waals surface area contributed by atoms with Crippen LogP contribution in [0.2, 0.25) is 0 Å². The van der Waals surface area contributed by atoms with Gasteiger partial charge in [-0.25, -0.2) is 4.79 Å². The molecule has 0 heterocycles. The van der Waals surface area contributed by atoms with Gasteiger partial charge in [0.15, 0.2) is 0 Å². The van der Waals surface area contributed by atoms with Gasteiger partial charge in [0.2, 0.25) is 5.91 Å². The summed E-state index contributed by atoms with van der Waals surface area (Å²) in [6.45, 7) is 5.44. The summed E-state index contributed by atoms with van der Waals surface area (Å²) in [6, 6.07) is 11.6. The molecule has 0 saturated carbocycles. The Morgan fingerprint density at radius 3 is 1.88 bits per heavy atom. The SMILES string of the molecule is COc1cc(OC)cc(C(=O)Nc2ccc(NC(=O)CCNC(=O)OC(C)(C)C)cc2)c1. The van der Waals surface area contributed by atoms with Crippen LogP contribution in [0.1, 0.15) is 37.6 Å². The summed E-state index contributed by atoms with van der Waals surface area (Å²) < 4.78 is 15.5. The number of carbonyl (C=O) groups excluding carboxylic acids is 3. The van der Waals surface area contributed by atoms with Crippen LogP contribution in [0.5, 0.6) is 11.5 Å². The molecule has 0 fully saturated rings. The lowest BCUT2D eigenvalue weighted by atomic mass is 10.1. The highest BCUT2D eigenvalue weighted by atomic mass is 16.6. The Kier molecular flexibility index (Phi) is 8.46. The predicted octanol–water partition coefficient (Wildman–Crippen LogP) is 3.81. The highest BCUT2D eigenvalue weighted by Gasteiger charge is 2.16. The van der Waals surface area contributed by atoms with E-state index in [9.17, 15) is 14.4 Å². The van der Waals surface area contributed by atoms with E-state index < -0.39 is 11.7 Å². The van der Waals surface area contributed by atoms with Crippen molar-refractivity contribution in [2.45, 2.75) is 32.8 Å². The molecule has 9 nitrogen and oxygen atoms in total. The Labute approximate surface area is 187 Å². The van der Waals surface area contributed by atoms with Gasteiger partial charge in [-0.1, -0.05) is 0 Å². The van der Waals surface area contributed by atoms with E-state index in [0.29, 0.717) is 28.4 Å². The van der Waals surface area contributed by atoms with Gasteiger partial charge in [-0.3, -0.25) is 9.59 Å². The van der Waals surface area contributed by atoms with Crippen molar-refractivity contribution in [3.8, 4) is 11.5 Å². The molecule has 0 atom stereocenters. The van der Waals surface area contributed by atoms with Crippen LogP contribution in [0, 0.1) is 0 Å². The van der Waals surface area contributed by atoms with Crippen molar-refractivity contribution in [1.29, 1.82) is 0 Å². The van der Waals surface area contributed by atoms with Gasteiger partial charge in [0.1, 0.15) is 17.1 Å². The standard InChI is InChI=1S/C23H29N3O6/c1-23(2,3)32-22(29)24-11-10-20(27)25-16-6-8-17(9-7-16)26-21(28)15-12-18(30-4)14-19(13-15)31-5/h6-9,12-14H,10-11H2,1-5H3,(H,24,29)(H,25,27)(H,26,28). The molecule has 0 aliphatic heterocycles. The lowest BCUT2D eigenvalue weighted by Crippen LogP contribution is -2.34. The summed E-state index contributed by atoms with van der Waals surface area (Å²) in [7, 11) is 3.02. The van der Waals surface area contributed by atoms with Crippen molar-refractivity contribution in [2.24, 2.45) is 0 Å². The lowest BCUT2D eigenvalue weighted by Gasteiger charge is -2.19. The van der Waals surface area contributed by atoms with E-state index in [4.69, 9.17) is 14.2 Å². The van der Waals surface area contributed by atoms with Crippen LogP contribution in [0.3, 0.4) is 0 Å². The Morgan fingerprint density at radius 1 is 0.844 bits per heavy atom. The lowest BCUT2D eigenvalue weighted by molar-refractivity contribution is -0.116. The highest BCUT2D eigenvalue weighted by Crippen LogP contribution is 2.23. The number of hydrogen-bond donors (Lipinski definition) is 3.